The molecule has 2 heterocycles. The van der Waals surface area contributed by atoms with Crippen LogP contribution in [0.5, 0.6) is 0 Å². The molecule has 100 valence electrons. The summed E-state index contributed by atoms with van der Waals surface area (Å²) in [4.78, 5) is 11.1. The first-order chi connectivity index (χ1) is 9.53. The molecule has 8 heteroatoms. The lowest BCUT2D eigenvalue weighted by Crippen LogP contribution is -2.51. The second kappa shape index (κ2) is 4.04. The number of anilines is 1. The fraction of sp³-hybridized carbons (Fsp3) is 0.167. The molecular weight excluding hydrogens is 260 g/mol. The van der Waals surface area contributed by atoms with E-state index in [9.17, 15) is 4.79 Å². The molecule has 0 spiro atoms. The van der Waals surface area contributed by atoms with E-state index in [0.717, 1.165) is 5.52 Å². The lowest BCUT2D eigenvalue weighted by atomic mass is 10.1. The van der Waals surface area contributed by atoms with E-state index >= 15 is 0 Å². The number of hydrazone groups is 1. The van der Waals surface area contributed by atoms with E-state index in [1.165, 1.54) is 18.3 Å². The number of nitrogens with zero attached hydrogens (tertiary/aromatic N) is 4. The molecule has 1 aromatic carbocycles. The monoisotopic (exact) mass is 270 g/mol. The van der Waals surface area contributed by atoms with Crippen molar-refractivity contribution in [2.24, 2.45) is 5.10 Å². The zero-order valence-corrected chi connectivity index (χ0v) is 10.5. The zero-order valence-electron chi connectivity index (χ0n) is 10.5. The van der Waals surface area contributed by atoms with Crippen molar-refractivity contribution >= 4 is 28.8 Å². The molecule has 0 aliphatic carbocycles. The zero-order chi connectivity index (χ0) is 14.3. The summed E-state index contributed by atoms with van der Waals surface area (Å²) in [5.74, 6) is -1.02. The third-order valence-electron chi connectivity index (χ3n) is 3.11. The molecule has 3 rings (SSSR count). The summed E-state index contributed by atoms with van der Waals surface area (Å²) < 4.78 is 0. The van der Waals surface area contributed by atoms with Crippen LogP contribution < -0.4 is 10.5 Å². The van der Waals surface area contributed by atoms with Crippen LogP contribution in [-0.4, -0.2) is 33.0 Å². The van der Waals surface area contributed by atoms with E-state index in [0.29, 0.717) is 11.1 Å². The molecule has 1 unspecified atom stereocenters. The van der Waals surface area contributed by atoms with Crippen LogP contribution in [0.2, 0.25) is 0 Å². The predicted molar refractivity (Wildman–Crippen MR) is 71.0 cm³/mol. The molecule has 20 heavy (non-hydrogen) atoms. The number of hydrogen-bond donors (Lipinski definition) is 3. The highest BCUT2D eigenvalue weighted by Gasteiger charge is 2.37. The van der Waals surface area contributed by atoms with Crippen molar-refractivity contribution in [2.45, 2.75) is 12.5 Å². The quantitative estimate of drug-likeness (QED) is 0.735. The van der Waals surface area contributed by atoms with Gasteiger partial charge < -0.3 is 5.11 Å². The molecule has 0 bridgehead atoms. The van der Waals surface area contributed by atoms with Crippen LogP contribution in [0.25, 0.3) is 10.9 Å². The Hall–Kier alpha value is -2.92. The third-order valence-corrected chi connectivity index (χ3v) is 3.11. The SMILES string of the molecule is CC1(C(=O)O)C=NN(c2ccc3[nH]nc(C#N)c3c2)N1. The van der Waals surface area contributed by atoms with Gasteiger partial charge in [-0.3, -0.25) is 5.10 Å². The first-order valence-corrected chi connectivity index (χ1v) is 5.78. The van der Waals surface area contributed by atoms with Crippen molar-refractivity contribution in [3.8, 4) is 6.07 Å². The van der Waals surface area contributed by atoms with Crippen LogP contribution in [-0.2, 0) is 4.79 Å². The number of carboxylic acid groups (broad SMARTS) is 1. The number of rotatable bonds is 2. The lowest BCUT2D eigenvalue weighted by molar-refractivity contribution is -0.140. The van der Waals surface area contributed by atoms with Crippen molar-refractivity contribution in [2.75, 3.05) is 5.12 Å². The maximum Gasteiger partial charge on any atom is 0.331 e. The van der Waals surface area contributed by atoms with Crippen LogP contribution in [0.3, 0.4) is 0 Å². The summed E-state index contributed by atoms with van der Waals surface area (Å²) in [7, 11) is 0. The number of H-pyrrole nitrogens is 1. The number of aliphatic carboxylic acids is 1. The molecule has 0 radical (unpaired) electrons. The Kier molecular flexibility index (Phi) is 2.45. The predicted octanol–water partition coefficient (Wildman–Crippen LogP) is 0.588. The number of aromatic nitrogens is 2. The van der Waals surface area contributed by atoms with E-state index < -0.39 is 11.5 Å². The number of aromatic amines is 1. The highest BCUT2D eigenvalue weighted by molar-refractivity contribution is 6.00. The number of hydrogen-bond acceptors (Lipinski definition) is 6. The molecule has 1 aliphatic rings. The Morgan fingerprint density at radius 1 is 1.55 bits per heavy atom. The minimum atomic E-state index is -1.25. The van der Waals surface area contributed by atoms with Gasteiger partial charge in [-0.2, -0.15) is 26.0 Å². The van der Waals surface area contributed by atoms with E-state index in [4.69, 9.17) is 10.4 Å². The van der Waals surface area contributed by atoms with E-state index in [1.807, 2.05) is 6.07 Å². The standard InChI is InChI=1S/C12H10N6O2/c1-12(11(19)20)6-14-18(17-12)7-2-3-9-8(4-7)10(5-13)16-15-9/h2-4,6,17H,1H3,(H,15,16)(H,19,20). The molecule has 3 N–H and O–H groups in total. The number of carboxylic acids is 1. The average molecular weight is 270 g/mol. The number of hydrazine groups is 1. The molecular formula is C12H10N6O2. The Labute approximate surface area is 113 Å². The van der Waals surface area contributed by atoms with Gasteiger partial charge in [0.25, 0.3) is 0 Å². The van der Waals surface area contributed by atoms with Gasteiger partial charge in [-0.25, -0.2) is 4.79 Å². The molecule has 1 atom stereocenters. The first-order valence-electron chi connectivity index (χ1n) is 5.78. The summed E-state index contributed by atoms with van der Waals surface area (Å²) in [5, 5.41) is 30.8. The Balaban J connectivity index is 1.99. The van der Waals surface area contributed by atoms with Gasteiger partial charge in [-0.15, -0.1) is 0 Å². The van der Waals surface area contributed by atoms with Crippen LogP contribution in [0.15, 0.2) is 23.3 Å². The molecule has 1 aromatic heterocycles. The molecule has 2 aromatic rings. The summed E-state index contributed by atoms with van der Waals surface area (Å²) >= 11 is 0. The average Bonchev–Trinajstić information content (AvgIpc) is 3.02. The Bertz CT molecular complexity index is 774. The number of fused-ring (bicyclic) bond motifs is 1. The minimum absolute atomic E-state index is 0.283. The highest BCUT2D eigenvalue weighted by atomic mass is 16.4. The van der Waals surface area contributed by atoms with E-state index in [1.54, 1.807) is 18.2 Å². The molecule has 0 amide bonds. The van der Waals surface area contributed by atoms with Gasteiger partial charge in [-0.05, 0) is 25.1 Å². The number of nitrogens with one attached hydrogen (secondary N) is 2. The van der Waals surface area contributed by atoms with Crippen LogP contribution in [0.1, 0.15) is 12.6 Å². The minimum Gasteiger partial charge on any atom is -0.480 e. The van der Waals surface area contributed by atoms with Crippen molar-refractivity contribution < 1.29 is 9.90 Å². The Morgan fingerprint density at radius 2 is 2.35 bits per heavy atom. The number of carbonyl (C=O) groups is 1. The molecule has 0 fully saturated rings. The van der Waals surface area contributed by atoms with Crippen molar-refractivity contribution in [1.29, 1.82) is 5.26 Å². The summed E-state index contributed by atoms with van der Waals surface area (Å²) in [6, 6.07) is 7.21. The van der Waals surface area contributed by atoms with Gasteiger partial charge in [0, 0.05) is 5.39 Å². The molecule has 0 saturated heterocycles. The second-order valence-electron chi connectivity index (χ2n) is 4.59. The van der Waals surface area contributed by atoms with Crippen LogP contribution in [0.4, 0.5) is 5.69 Å². The highest BCUT2D eigenvalue weighted by Crippen LogP contribution is 2.25. The third kappa shape index (κ3) is 1.69. The van der Waals surface area contributed by atoms with Crippen molar-refractivity contribution in [3.05, 3.63) is 23.9 Å². The normalized spacial score (nSPS) is 21.3. The summed E-state index contributed by atoms with van der Waals surface area (Å²) in [5.41, 5.74) is 3.17. The maximum absolute atomic E-state index is 11.1. The summed E-state index contributed by atoms with van der Waals surface area (Å²) in [6.45, 7) is 1.51. The van der Waals surface area contributed by atoms with Gasteiger partial charge in [0.15, 0.2) is 11.2 Å². The van der Waals surface area contributed by atoms with Crippen LogP contribution >= 0.6 is 0 Å². The topological polar surface area (TPSA) is 117 Å². The fourth-order valence-electron chi connectivity index (χ4n) is 1.90. The van der Waals surface area contributed by atoms with Gasteiger partial charge in [0.1, 0.15) is 6.07 Å². The van der Waals surface area contributed by atoms with E-state index in [2.05, 4.69) is 20.7 Å². The van der Waals surface area contributed by atoms with E-state index in [-0.39, 0.29) is 5.69 Å². The van der Waals surface area contributed by atoms with Gasteiger partial charge >= 0.3 is 5.97 Å². The van der Waals surface area contributed by atoms with Gasteiger partial charge in [-0.1, -0.05) is 0 Å². The maximum atomic E-state index is 11.1. The fourth-order valence-corrected chi connectivity index (χ4v) is 1.90. The van der Waals surface area contributed by atoms with Gasteiger partial charge in [0.2, 0.25) is 0 Å². The smallest absolute Gasteiger partial charge is 0.331 e. The molecule has 1 aliphatic heterocycles. The van der Waals surface area contributed by atoms with Crippen molar-refractivity contribution in [3.63, 3.8) is 0 Å². The molecule has 0 saturated carbocycles. The number of benzene rings is 1. The Morgan fingerprint density at radius 3 is 3.00 bits per heavy atom. The second-order valence-corrected chi connectivity index (χ2v) is 4.59. The largest absolute Gasteiger partial charge is 0.480 e. The van der Waals surface area contributed by atoms with Gasteiger partial charge in [0.05, 0.1) is 17.4 Å². The molecule has 8 nitrogen and oxygen atoms in total. The summed E-state index contributed by atoms with van der Waals surface area (Å²) in [6.07, 6.45) is 1.32. The van der Waals surface area contributed by atoms with Crippen LogP contribution in [0, 0.1) is 11.3 Å². The first kappa shape index (κ1) is 12.1. The lowest BCUT2D eigenvalue weighted by Gasteiger charge is -2.21. The number of nitriles is 1. The van der Waals surface area contributed by atoms with Crippen molar-refractivity contribution in [1.82, 2.24) is 15.6 Å².